The van der Waals surface area contributed by atoms with Crippen molar-refractivity contribution in [2.75, 3.05) is 24.2 Å². The van der Waals surface area contributed by atoms with E-state index in [-0.39, 0.29) is 22.3 Å². The maximum Gasteiger partial charge on any atom is 0.414 e. The summed E-state index contributed by atoms with van der Waals surface area (Å²) in [5, 5.41) is 2.65. The second-order valence-electron chi connectivity index (χ2n) is 15.8. The van der Waals surface area contributed by atoms with E-state index in [2.05, 4.69) is 132 Å². The van der Waals surface area contributed by atoms with E-state index < -0.39 is 5.60 Å². The van der Waals surface area contributed by atoms with Crippen LogP contribution in [0.25, 0.3) is 10.8 Å². The molecular formula is C44H57N2O2S2+. The Morgan fingerprint density at radius 1 is 0.900 bits per heavy atom. The molecule has 0 radical (unpaired) electrons. The number of allylic oxidation sites excluding steroid dienone is 2. The van der Waals surface area contributed by atoms with Gasteiger partial charge in [-0.2, -0.15) is 17.2 Å². The highest BCUT2D eigenvalue weighted by molar-refractivity contribution is 7.80. The zero-order valence-corrected chi connectivity index (χ0v) is 33.6. The molecule has 0 fully saturated rings. The maximum absolute atomic E-state index is 12.7. The van der Waals surface area contributed by atoms with Crippen LogP contribution in [0.5, 0.6) is 0 Å². The van der Waals surface area contributed by atoms with Crippen molar-refractivity contribution >= 4 is 57.9 Å². The number of carbonyl (C=O) groups is 1. The Morgan fingerprint density at radius 3 is 2.22 bits per heavy atom. The van der Waals surface area contributed by atoms with Crippen molar-refractivity contribution in [1.82, 2.24) is 0 Å². The van der Waals surface area contributed by atoms with Gasteiger partial charge in [-0.05, 0) is 106 Å². The molecule has 2 atom stereocenters. The van der Waals surface area contributed by atoms with Crippen molar-refractivity contribution in [3.63, 3.8) is 0 Å². The first kappa shape index (κ1) is 37.9. The first-order valence-electron chi connectivity index (χ1n) is 18.2. The molecule has 0 spiro atoms. The van der Waals surface area contributed by atoms with Crippen molar-refractivity contribution in [2.45, 2.75) is 110 Å². The zero-order chi connectivity index (χ0) is 36.5. The molecule has 3 aromatic carbocycles. The minimum absolute atomic E-state index is 0.117. The number of fused-ring (bicyclic) bond motifs is 3. The van der Waals surface area contributed by atoms with Gasteiger partial charge in [0.05, 0.1) is 5.41 Å². The maximum atomic E-state index is 12.7. The Bertz CT molecular complexity index is 1900. The molecule has 1 aromatic heterocycles. The van der Waals surface area contributed by atoms with Crippen molar-refractivity contribution in [2.24, 2.45) is 0 Å². The van der Waals surface area contributed by atoms with Crippen LogP contribution < -0.4 is 4.90 Å². The zero-order valence-electron chi connectivity index (χ0n) is 31.9. The molecule has 2 heterocycles. The van der Waals surface area contributed by atoms with Gasteiger partial charge in [-0.3, -0.25) is 4.90 Å². The fraction of sp³-hybridized carbons (Fsp3) is 0.455. The lowest BCUT2D eigenvalue weighted by Gasteiger charge is -2.30. The van der Waals surface area contributed by atoms with E-state index in [0.717, 1.165) is 43.7 Å². The van der Waals surface area contributed by atoms with Crippen molar-refractivity contribution in [3.05, 3.63) is 106 Å². The van der Waals surface area contributed by atoms with Gasteiger partial charge in [0.1, 0.15) is 12.1 Å². The monoisotopic (exact) mass is 709 g/mol. The molecule has 1 amide bonds. The summed E-state index contributed by atoms with van der Waals surface area (Å²) in [6, 6.07) is 26.5. The van der Waals surface area contributed by atoms with Gasteiger partial charge in [-0.15, -0.1) is 11.3 Å². The average molecular weight is 710 g/mol. The smallest absolute Gasteiger partial charge is 0.414 e. The van der Waals surface area contributed by atoms with Crippen molar-refractivity contribution in [3.8, 4) is 0 Å². The summed E-state index contributed by atoms with van der Waals surface area (Å²) in [5.74, 6) is 0.908. The van der Waals surface area contributed by atoms with Gasteiger partial charge in [-0.25, -0.2) is 4.79 Å². The summed E-state index contributed by atoms with van der Waals surface area (Å²) in [5.41, 5.74) is 5.26. The number of amides is 1. The molecule has 0 saturated heterocycles. The van der Waals surface area contributed by atoms with Crippen LogP contribution in [-0.4, -0.2) is 41.3 Å². The van der Waals surface area contributed by atoms with E-state index in [1.165, 1.54) is 43.1 Å². The number of benzene rings is 3. The molecule has 2 unspecified atom stereocenters. The summed E-state index contributed by atoms with van der Waals surface area (Å²) in [7, 11) is 1.76. The van der Waals surface area contributed by atoms with Gasteiger partial charge >= 0.3 is 6.09 Å². The molecular weight excluding hydrogens is 653 g/mol. The molecule has 50 heavy (non-hydrogen) atoms. The number of nitrogens with zero attached hydrogens (tertiary/aromatic N) is 2. The van der Waals surface area contributed by atoms with E-state index in [4.69, 9.17) is 4.74 Å². The van der Waals surface area contributed by atoms with E-state index in [0.29, 0.717) is 0 Å². The number of rotatable bonds is 12. The van der Waals surface area contributed by atoms with Gasteiger partial charge in [-0.1, -0.05) is 70.2 Å². The number of anilines is 1. The van der Waals surface area contributed by atoms with Crippen LogP contribution in [0.3, 0.4) is 0 Å². The number of unbranched alkanes of at least 4 members (excludes halogenated alkanes) is 1. The molecule has 4 nitrogen and oxygen atoms in total. The molecule has 4 aromatic rings. The van der Waals surface area contributed by atoms with E-state index in [1.54, 1.807) is 11.9 Å². The van der Waals surface area contributed by atoms with Crippen LogP contribution in [0, 0.1) is 0 Å². The number of ether oxygens (including phenoxy) is 1. The van der Waals surface area contributed by atoms with Crippen LogP contribution in [0.2, 0.25) is 0 Å². The van der Waals surface area contributed by atoms with E-state index in [1.807, 2.05) is 44.2 Å². The third-order valence-electron chi connectivity index (χ3n) is 10.9. The van der Waals surface area contributed by atoms with E-state index in [9.17, 15) is 4.79 Å². The second-order valence-corrected chi connectivity index (χ2v) is 17.3. The predicted octanol–water partition coefficient (Wildman–Crippen LogP) is 12.0. The van der Waals surface area contributed by atoms with Crippen LogP contribution in [0.4, 0.5) is 16.2 Å². The minimum atomic E-state index is -0.539. The molecule has 5 rings (SSSR count). The van der Waals surface area contributed by atoms with Crippen LogP contribution in [-0.2, 0) is 21.0 Å². The molecule has 6 heteroatoms. The number of thiol groups is 1. The number of hydrogen-bond donors (Lipinski definition) is 1. The van der Waals surface area contributed by atoms with Gasteiger partial charge in [0.15, 0.2) is 5.71 Å². The summed E-state index contributed by atoms with van der Waals surface area (Å²) >= 11 is 6.45. The molecule has 1 aliphatic heterocycles. The number of hydrogen-bond acceptors (Lipinski definition) is 4. The van der Waals surface area contributed by atoms with E-state index >= 15 is 0 Å². The topological polar surface area (TPSA) is 32.5 Å². The van der Waals surface area contributed by atoms with Crippen molar-refractivity contribution in [1.29, 1.82) is 0 Å². The molecule has 266 valence electrons. The predicted molar refractivity (Wildman–Crippen MR) is 219 cm³/mol. The SMILES string of the molecule is CCC(C)(/C=C/C1=[N+](CCCCS)c2ccc3ccccc3c2C1(C)C)c1ccc(C(C)(CC)c2ccc(N(C)C(=O)OC(C)(C)C)cc2)s1. The Morgan fingerprint density at radius 2 is 1.58 bits per heavy atom. The third kappa shape index (κ3) is 7.34. The Labute approximate surface area is 310 Å². The quantitative estimate of drug-likeness (QED) is 0.0902. The fourth-order valence-corrected chi connectivity index (χ4v) is 8.91. The Kier molecular flexibility index (Phi) is 11.2. The number of thiophene rings is 1. The summed E-state index contributed by atoms with van der Waals surface area (Å²) < 4.78 is 8.17. The van der Waals surface area contributed by atoms with Crippen LogP contribution in [0.1, 0.15) is 109 Å². The molecule has 0 bridgehead atoms. The lowest BCUT2D eigenvalue weighted by molar-refractivity contribution is -0.438. The largest absolute Gasteiger partial charge is 0.443 e. The minimum Gasteiger partial charge on any atom is -0.443 e. The molecule has 0 aliphatic carbocycles. The summed E-state index contributed by atoms with van der Waals surface area (Å²) in [6.45, 7) is 20.7. The van der Waals surface area contributed by atoms with Gasteiger partial charge in [0, 0.05) is 57.4 Å². The summed E-state index contributed by atoms with van der Waals surface area (Å²) in [6.07, 6.45) is 8.74. The Hall–Kier alpha value is -3.35. The average Bonchev–Trinajstić information content (AvgIpc) is 3.68. The lowest BCUT2D eigenvalue weighted by atomic mass is 9.77. The van der Waals surface area contributed by atoms with Crippen LogP contribution >= 0.6 is 24.0 Å². The van der Waals surface area contributed by atoms with Gasteiger partial charge in [0.2, 0.25) is 5.69 Å². The standard InChI is InChI=1S/C44H56N2O2S2/c1-11-43(8,28-27-36-42(6,7)39-34-18-14-13-17-31(34)19-24-35(39)46(36)29-15-16-30-49)37-25-26-38(50-37)44(9,12-2)32-20-22-33(23-21-32)45(10)40(47)48-41(3,4)5/h13-14,17-28H,11-12,15-16,29-30H2,1-10H3/p+1/b28-27+. The summed E-state index contributed by atoms with van der Waals surface area (Å²) in [4.78, 5) is 17.0. The number of carbonyl (C=O) groups excluding carboxylic acids is 1. The highest BCUT2D eigenvalue weighted by Crippen LogP contribution is 2.46. The van der Waals surface area contributed by atoms with Crippen LogP contribution in [0.15, 0.2) is 84.9 Å². The molecule has 0 saturated carbocycles. The normalized spacial score (nSPS) is 16.8. The molecule has 0 N–H and O–H groups in total. The first-order valence-corrected chi connectivity index (χ1v) is 19.7. The Balaban J connectivity index is 1.46. The molecule has 1 aliphatic rings. The third-order valence-corrected chi connectivity index (χ3v) is 12.8. The first-order chi connectivity index (χ1) is 23.6. The van der Waals surface area contributed by atoms with Gasteiger partial charge in [0.25, 0.3) is 0 Å². The second kappa shape index (κ2) is 14.7. The fourth-order valence-electron chi connectivity index (χ4n) is 7.25. The highest BCUT2D eigenvalue weighted by Gasteiger charge is 2.45. The lowest BCUT2D eigenvalue weighted by Crippen LogP contribution is -2.34. The van der Waals surface area contributed by atoms with Crippen molar-refractivity contribution < 1.29 is 14.1 Å². The van der Waals surface area contributed by atoms with Gasteiger partial charge < -0.3 is 4.74 Å². The highest BCUT2D eigenvalue weighted by atomic mass is 32.1.